The topological polar surface area (TPSA) is 0 Å². The summed E-state index contributed by atoms with van der Waals surface area (Å²) < 4.78 is 0. The van der Waals surface area contributed by atoms with E-state index in [-0.39, 0.29) is 32.7 Å². The summed E-state index contributed by atoms with van der Waals surface area (Å²) in [6.45, 7) is 2.45. The maximum Gasteiger partial charge on any atom is 0 e. The Morgan fingerprint density at radius 3 is 2.04 bits per heavy atom. The molecule has 0 N–H and O–H groups in total. The van der Waals surface area contributed by atoms with Gasteiger partial charge in [0.25, 0.3) is 0 Å². The first-order valence-electron chi connectivity index (χ1n) is 10.3. The van der Waals surface area contributed by atoms with Crippen LogP contribution in [0.4, 0.5) is 0 Å². The van der Waals surface area contributed by atoms with Gasteiger partial charge in [0.15, 0.2) is 0 Å². The minimum absolute atomic E-state index is 0. The molecule has 1 aromatic carbocycles. The third-order valence-electron chi connectivity index (χ3n) is 6.73. The van der Waals surface area contributed by atoms with Crippen molar-refractivity contribution in [3.63, 3.8) is 0 Å². The van der Waals surface area contributed by atoms with E-state index in [0.29, 0.717) is 0 Å². The van der Waals surface area contributed by atoms with E-state index in [1.165, 1.54) is 82.6 Å². The third-order valence-corrected chi connectivity index (χ3v) is 6.73. The molecule has 0 unspecified atom stereocenters. The van der Waals surface area contributed by atoms with Crippen molar-refractivity contribution in [2.24, 2.45) is 23.7 Å². The largest absolute Gasteiger partial charge is 0.184 e. The summed E-state index contributed by atoms with van der Waals surface area (Å²) in [5.74, 6) is 4.21. The summed E-state index contributed by atoms with van der Waals surface area (Å²) in [7, 11) is 0. The molecule has 2 saturated carbocycles. The van der Waals surface area contributed by atoms with Crippen molar-refractivity contribution in [1.82, 2.24) is 0 Å². The zero-order valence-electron chi connectivity index (χ0n) is 15.7. The van der Waals surface area contributed by atoms with Crippen molar-refractivity contribution in [2.75, 3.05) is 0 Å². The number of rotatable bonds is 6. The van der Waals surface area contributed by atoms with E-state index in [0.717, 1.165) is 23.7 Å². The van der Waals surface area contributed by atoms with Crippen molar-refractivity contribution in [2.45, 2.75) is 84.0 Å². The normalized spacial score (nSPS) is 30.5. The van der Waals surface area contributed by atoms with Crippen LogP contribution in [0.2, 0.25) is 0 Å². The molecule has 3 rings (SSSR count). The molecule has 2 fully saturated rings. The molecule has 131 valence electrons. The van der Waals surface area contributed by atoms with Gasteiger partial charge in [0.05, 0.1) is 0 Å². The van der Waals surface area contributed by atoms with E-state index in [1.807, 2.05) is 12.1 Å². The van der Waals surface area contributed by atoms with Crippen molar-refractivity contribution in [3.05, 3.63) is 35.9 Å². The van der Waals surface area contributed by atoms with Crippen LogP contribution in [0.15, 0.2) is 24.3 Å². The molecule has 0 saturated heterocycles. The van der Waals surface area contributed by atoms with Crippen LogP contribution >= 0.6 is 0 Å². The second-order valence-corrected chi connectivity index (χ2v) is 8.45. The maximum absolute atomic E-state index is 3.11. The molecule has 1 heteroatoms. The van der Waals surface area contributed by atoms with Crippen LogP contribution < -0.4 is 0 Å². The molecule has 0 amide bonds. The Morgan fingerprint density at radius 1 is 0.833 bits per heavy atom. The molecule has 0 aliphatic heterocycles. The van der Waals surface area contributed by atoms with Crippen LogP contribution in [-0.2, 0) is 39.1 Å². The van der Waals surface area contributed by atoms with Crippen molar-refractivity contribution in [1.29, 1.82) is 0 Å². The Bertz CT molecular complexity index is 425. The second-order valence-electron chi connectivity index (χ2n) is 8.45. The fourth-order valence-electron chi connectivity index (χ4n) is 5.06. The van der Waals surface area contributed by atoms with Gasteiger partial charge in [0, 0.05) is 32.7 Å². The summed E-state index contributed by atoms with van der Waals surface area (Å²) in [6, 6.07) is 11.6. The zero-order valence-corrected chi connectivity index (χ0v) is 18.5. The van der Waals surface area contributed by atoms with Gasteiger partial charge in [-0.2, -0.15) is 35.9 Å². The van der Waals surface area contributed by atoms with Crippen molar-refractivity contribution >= 4 is 0 Å². The average molecular weight is 400 g/mol. The van der Waals surface area contributed by atoms with Crippen molar-refractivity contribution in [3.8, 4) is 0 Å². The minimum atomic E-state index is 0. The molecular formula is C23H35Y-. The number of hydrogen-bond acceptors (Lipinski definition) is 0. The molecule has 0 spiro atoms. The van der Waals surface area contributed by atoms with Crippen LogP contribution in [0.1, 0.15) is 83.1 Å². The number of unbranched alkanes of at least 4 members (excludes halogenated alkanes) is 1. The zero-order chi connectivity index (χ0) is 15.9. The van der Waals surface area contributed by atoms with E-state index in [4.69, 9.17) is 0 Å². The van der Waals surface area contributed by atoms with E-state index >= 15 is 0 Å². The first kappa shape index (κ1) is 20.6. The standard InChI is InChI=1S/C23H35.Y/c1-19-11-15-22(16-12-19)23-17-13-21(14-18-23)10-6-5-9-20-7-3-2-4-8-20;/h3-4,7-8,19,21-23H,5-6,9-18H2,1H3;/q-1;. The molecule has 2 aliphatic rings. The smallest absolute Gasteiger partial charge is 0 e. The molecule has 1 aromatic rings. The van der Waals surface area contributed by atoms with Crippen LogP contribution in [0.5, 0.6) is 0 Å². The van der Waals surface area contributed by atoms with Gasteiger partial charge in [0.2, 0.25) is 0 Å². The SMILES string of the molecule is CC1CCC(C2CCC(CCCCc3cc[c-]cc3)CC2)CC1.[Y]. The first-order chi connectivity index (χ1) is 11.3. The Morgan fingerprint density at radius 2 is 1.42 bits per heavy atom. The Labute approximate surface area is 175 Å². The van der Waals surface area contributed by atoms with Gasteiger partial charge in [0.1, 0.15) is 0 Å². The molecule has 24 heavy (non-hydrogen) atoms. The maximum atomic E-state index is 3.11. The number of benzene rings is 1. The minimum Gasteiger partial charge on any atom is -0.184 e. The Hall–Kier alpha value is 0.324. The second kappa shape index (κ2) is 11.1. The van der Waals surface area contributed by atoms with E-state index in [9.17, 15) is 0 Å². The van der Waals surface area contributed by atoms with Gasteiger partial charge in [-0.05, 0) is 49.4 Å². The van der Waals surface area contributed by atoms with Crippen LogP contribution in [0, 0.1) is 29.7 Å². The summed E-state index contributed by atoms with van der Waals surface area (Å²) >= 11 is 0. The Kier molecular flexibility index (Phi) is 9.56. The molecule has 0 aromatic heterocycles. The molecule has 0 nitrogen and oxygen atoms in total. The van der Waals surface area contributed by atoms with Crippen LogP contribution in [-0.4, -0.2) is 0 Å². The average Bonchev–Trinajstić information content (AvgIpc) is 2.61. The molecule has 0 bridgehead atoms. The van der Waals surface area contributed by atoms with Gasteiger partial charge in [-0.25, -0.2) is 0 Å². The van der Waals surface area contributed by atoms with E-state index in [1.54, 1.807) is 0 Å². The third kappa shape index (κ3) is 6.56. The molecule has 0 atom stereocenters. The fraction of sp³-hybridized carbons (Fsp3) is 0.739. The van der Waals surface area contributed by atoms with Crippen molar-refractivity contribution < 1.29 is 32.7 Å². The molecule has 1 radical (unpaired) electrons. The van der Waals surface area contributed by atoms with Gasteiger partial charge < -0.3 is 0 Å². The predicted molar refractivity (Wildman–Crippen MR) is 99.4 cm³/mol. The molecule has 0 heterocycles. The van der Waals surface area contributed by atoms with E-state index < -0.39 is 0 Å². The number of aryl methyl sites for hydroxylation is 1. The first-order valence-corrected chi connectivity index (χ1v) is 10.3. The summed E-state index contributed by atoms with van der Waals surface area (Å²) in [4.78, 5) is 0. The summed E-state index contributed by atoms with van der Waals surface area (Å²) in [5, 5.41) is 0. The van der Waals surface area contributed by atoms with Crippen LogP contribution in [0.3, 0.4) is 0 Å². The molecule has 2 aliphatic carbocycles. The predicted octanol–water partition coefficient (Wildman–Crippen LogP) is 6.83. The van der Waals surface area contributed by atoms with Gasteiger partial charge >= 0.3 is 0 Å². The van der Waals surface area contributed by atoms with E-state index in [2.05, 4.69) is 25.1 Å². The number of hydrogen-bond donors (Lipinski definition) is 0. The van der Waals surface area contributed by atoms with Gasteiger partial charge in [-0.15, -0.1) is 0 Å². The monoisotopic (exact) mass is 400 g/mol. The fourth-order valence-corrected chi connectivity index (χ4v) is 5.06. The Balaban J connectivity index is 0.00000208. The summed E-state index contributed by atoms with van der Waals surface area (Å²) in [5.41, 5.74) is 1.49. The van der Waals surface area contributed by atoms with Gasteiger partial charge in [-0.1, -0.05) is 58.3 Å². The van der Waals surface area contributed by atoms with Gasteiger partial charge in [-0.3, -0.25) is 0 Å². The quantitative estimate of drug-likeness (QED) is 0.363. The summed E-state index contributed by atoms with van der Waals surface area (Å²) in [6.07, 6.45) is 17.7. The van der Waals surface area contributed by atoms with Crippen LogP contribution in [0.25, 0.3) is 0 Å². The molecular weight excluding hydrogens is 365 g/mol.